The van der Waals surface area contributed by atoms with E-state index >= 15 is 0 Å². The molecule has 0 heterocycles. The Morgan fingerprint density at radius 2 is 1.90 bits per heavy atom. The molecule has 0 fully saturated rings. The Labute approximate surface area is 121 Å². The minimum atomic E-state index is -2.45. The molecule has 1 aromatic rings. The fourth-order valence-electron chi connectivity index (χ4n) is 1.37. The van der Waals surface area contributed by atoms with E-state index in [-0.39, 0.29) is 13.2 Å². The lowest BCUT2D eigenvalue weighted by Crippen LogP contribution is -2.33. The quantitative estimate of drug-likeness (QED) is 0.649. The Morgan fingerprint density at radius 3 is 2.55 bits per heavy atom. The topological polar surface area (TPSA) is 50.7 Å². The summed E-state index contributed by atoms with van der Waals surface area (Å²) < 4.78 is 33.5. The van der Waals surface area contributed by atoms with Crippen molar-refractivity contribution < 1.29 is 23.4 Å². The van der Waals surface area contributed by atoms with Gasteiger partial charge in [0.05, 0.1) is 6.61 Å². The third-order valence-corrected chi connectivity index (χ3v) is 2.55. The number of nitrogens with one attached hydrogen (secondary N) is 1. The molecule has 1 atom stereocenters. The van der Waals surface area contributed by atoms with Gasteiger partial charge in [0.1, 0.15) is 25.1 Å². The molecule has 0 spiro atoms. The van der Waals surface area contributed by atoms with Crippen molar-refractivity contribution in [2.75, 3.05) is 32.9 Å². The first-order valence-electron chi connectivity index (χ1n) is 6.21. The van der Waals surface area contributed by atoms with Crippen LogP contribution in [0.2, 0.25) is 5.02 Å². The molecule has 0 amide bonds. The number of hydrogen-bond acceptors (Lipinski definition) is 4. The highest BCUT2D eigenvalue weighted by Crippen LogP contribution is 2.15. The molecule has 2 N–H and O–H groups in total. The Morgan fingerprint density at radius 1 is 1.20 bits per heavy atom. The van der Waals surface area contributed by atoms with Crippen molar-refractivity contribution >= 4 is 11.6 Å². The summed E-state index contributed by atoms with van der Waals surface area (Å²) in [6.45, 7) is 0.432. The lowest BCUT2D eigenvalue weighted by atomic mass is 10.3. The molecule has 114 valence electrons. The van der Waals surface area contributed by atoms with Crippen LogP contribution in [0, 0.1) is 0 Å². The van der Waals surface area contributed by atoms with Gasteiger partial charge in [-0.05, 0) is 24.3 Å². The van der Waals surface area contributed by atoms with E-state index in [2.05, 4.69) is 10.1 Å². The van der Waals surface area contributed by atoms with E-state index in [1.165, 1.54) is 0 Å². The zero-order valence-corrected chi connectivity index (χ0v) is 11.7. The van der Waals surface area contributed by atoms with Crippen LogP contribution in [-0.2, 0) is 4.74 Å². The summed E-state index contributed by atoms with van der Waals surface area (Å²) in [5, 5.41) is 13.1. The minimum Gasteiger partial charge on any atom is -0.491 e. The van der Waals surface area contributed by atoms with Crippen LogP contribution in [0.5, 0.6) is 5.75 Å². The largest absolute Gasteiger partial charge is 0.491 e. The van der Waals surface area contributed by atoms with E-state index < -0.39 is 19.1 Å². The molecule has 20 heavy (non-hydrogen) atoms. The number of aliphatic hydroxyl groups excluding tert-OH is 1. The Kier molecular flexibility index (Phi) is 8.45. The zero-order valence-electron chi connectivity index (χ0n) is 10.9. The van der Waals surface area contributed by atoms with E-state index in [1.807, 2.05) is 0 Å². The molecule has 0 radical (unpaired) electrons. The number of alkyl halides is 2. The van der Waals surface area contributed by atoms with Gasteiger partial charge in [-0.1, -0.05) is 11.6 Å². The third kappa shape index (κ3) is 8.27. The molecule has 0 saturated carbocycles. The molecule has 0 aliphatic rings. The third-order valence-electron chi connectivity index (χ3n) is 2.30. The van der Waals surface area contributed by atoms with Crippen LogP contribution >= 0.6 is 11.6 Å². The SMILES string of the molecule is OC(CNCCOCC(F)F)COc1ccc(Cl)cc1. The van der Waals surface area contributed by atoms with Crippen molar-refractivity contribution in [2.45, 2.75) is 12.5 Å². The van der Waals surface area contributed by atoms with Gasteiger partial charge < -0.3 is 19.9 Å². The van der Waals surface area contributed by atoms with Gasteiger partial charge in [-0.15, -0.1) is 0 Å². The van der Waals surface area contributed by atoms with Crippen LogP contribution < -0.4 is 10.1 Å². The normalized spacial score (nSPS) is 12.7. The van der Waals surface area contributed by atoms with Crippen LogP contribution in [0.25, 0.3) is 0 Å². The smallest absolute Gasteiger partial charge is 0.261 e. The van der Waals surface area contributed by atoms with Gasteiger partial charge in [-0.2, -0.15) is 0 Å². The van der Waals surface area contributed by atoms with Gasteiger partial charge >= 0.3 is 0 Å². The number of aliphatic hydroxyl groups is 1. The van der Waals surface area contributed by atoms with Crippen LogP contribution in [0.3, 0.4) is 0 Å². The highest BCUT2D eigenvalue weighted by atomic mass is 35.5. The fraction of sp³-hybridized carbons (Fsp3) is 0.538. The van der Waals surface area contributed by atoms with Gasteiger partial charge in [0, 0.05) is 18.1 Å². The highest BCUT2D eigenvalue weighted by molar-refractivity contribution is 6.30. The maximum atomic E-state index is 11.7. The molecule has 0 aromatic heterocycles. The number of benzene rings is 1. The molecule has 1 unspecified atom stereocenters. The predicted molar refractivity (Wildman–Crippen MR) is 72.6 cm³/mol. The number of rotatable bonds is 10. The average molecular weight is 310 g/mol. The maximum absolute atomic E-state index is 11.7. The van der Waals surface area contributed by atoms with E-state index in [9.17, 15) is 13.9 Å². The number of hydrogen-bond donors (Lipinski definition) is 2. The first kappa shape index (κ1) is 17.1. The van der Waals surface area contributed by atoms with Gasteiger partial charge in [0.25, 0.3) is 6.43 Å². The second-order valence-corrected chi connectivity index (χ2v) is 4.53. The van der Waals surface area contributed by atoms with Gasteiger partial charge in [0.15, 0.2) is 0 Å². The first-order valence-corrected chi connectivity index (χ1v) is 6.58. The molecule has 0 aliphatic heterocycles. The highest BCUT2D eigenvalue weighted by Gasteiger charge is 2.05. The van der Waals surface area contributed by atoms with Gasteiger partial charge in [-0.25, -0.2) is 8.78 Å². The van der Waals surface area contributed by atoms with Gasteiger partial charge in [-0.3, -0.25) is 0 Å². The number of halogens is 3. The second-order valence-electron chi connectivity index (χ2n) is 4.09. The molecule has 4 nitrogen and oxygen atoms in total. The van der Waals surface area contributed by atoms with E-state index in [0.29, 0.717) is 23.9 Å². The predicted octanol–water partition coefficient (Wildman–Crippen LogP) is 1.95. The van der Waals surface area contributed by atoms with Crippen LogP contribution in [0.4, 0.5) is 8.78 Å². The monoisotopic (exact) mass is 309 g/mol. The first-order chi connectivity index (χ1) is 9.58. The molecule has 7 heteroatoms. The maximum Gasteiger partial charge on any atom is 0.261 e. The standard InChI is InChI=1S/C13H18ClF2NO3/c14-10-1-3-12(4-2-10)20-8-11(18)7-17-5-6-19-9-13(15)16/h1-4,11,13,17-18H,5-9H2. The average Bonchev–Trinajstić information content (AvgIpc) is 2.41. The van der Waals surface area contributed by atoms with Crippen molar-refractivity contribution in [1.82, 2.24) is 5.32 Å². The van der Waals surface area contributed by atoms with E-state index in [0.717, 1.165) is 0 Å². The Hall–Kier alpha value is -0.950. The molecular weight excluding hydrogens is 292 g/mol. The molecule has 0 saturated heterocycles. The van der Waals surface area contributed by atoms with Crippen molar-refractivity contribution in [1.29, 1.82) is 0 Å². The van der Waals surface area contributed by atoms with Crippen LogP contribution in [0.1, 0.15) is 0 Å². The Balaban J connectivity index is 2.03. The summed E-state index contributed by atoms with van der Waals surface area (Å²) in [5.41, 5.74) is 0. The molecular formula is C13H18ClF2NO3. The molecule has 0 aliphatic carbocycles. The fourth-order valence-corrected chi connectivity index (χ4v) is 1.49. The second kappa shape index (κ2) is 9.88. The lowest BCUT2D eigenvalue weighted by molar-refractivity contribution is 0.0177. The lowest BCUT2D eigenvalue weighted by Gasteiger charge is -2.13. The van der Waals surface area contributed by atoms with Crippen molar-refractivity contribution in [3.8, 4) is 5.75 Å². The molecule has 1 rings (SSSR count). The summed E-state index contributed by atoms with van der Waals surface area (Å²) in [5.74, 6) is 0.619. The summed E-state index contributed by atoms with van der Waals surface area (Å²) in [6, 6.07) is 6.81. The summed E-state index contributed by atoms with van der Waals surface area (Å²) in [7, 11) is 0. The number of ether oxygens (including phenoxy) is 2. The Bertz CT molecular complexity index is 365. The van der Waals surface area contributed by atoms with Crippen LogP contribution in [-0.4, -0.2) is 50.5 Å². The van der Waals surface area contributed by atoms with E-state index in [1.54, 1.807) is 24.3 Å². The van der Waals surface area contributed by atoms with Crippen molar-refractivity contribution in [3.63, 3.8) is 0 Å². The van der Waals surface area contributed by atoms with E-state index in [4.69, 9.17) is 16.3 Å². The zero-order chi connectivity index (χ0) is 14.8. The molecule has 1 aromatic carbocycles. The van der Waals surface area contributed by atoms with Crippen LogP contribution in [0.15, 0.2) is 24.3 Å². The van der Waals surface area contributed by atoms with Crippen molar-refractivity contribution in [2.24, 2.45) is 0 Å². The van der Waals surface area contributed by atoms with Crippen molar-refractivity contribution in [3.05, 3.63) is 29.3 Å². The summed E-state index contributed by atoms with van der Waals surface area (Å²) >= 11 is 5.73. The van der Waals surface area contributed by atoms with Gasteiger partial charge in [0.2, 0.25) is 0 Å². The summed E-state index contributed by atoms with van der Waals surface area (Å²) in [6.07, 6.45) is -3.14. The summed E-state index contributed by atoms with van der Waals surface area (Å²) in [4.78, 5) is 0. The minimum absolute atomic E-state index is 0.131. The molecule has 0 bridgehead atoms.